The van der Waals surface area contributed by atoms with Gasteiger partial charge in [0, 0.05) is 6.92 Å². The molecule has 0 spiro atoms. The molecule has 1 aliphatic rings. The molecule has 19 heavy (non-hydrogen) atoms. The van der Waals surface area contributed by atoms with Gasteiger partial charge in [-0.05, 0) is 5.56 Å². The number of aliphatic hydroxyl groups is 1. The molecule has 1 aromatic carbocycles. The Bertz CT molecular complexity index is 528. The van der Waals surface area contributed by atoms with Gasteiger partial charge in [0.1, 0.15) is 0 Å². The molecule has 4 nitrogen and oxygen atoms in total. The SMILES string of the molecule is CC(=O)N1N=C(c2ccccc2)C[C@@]1(O)C(F)(F)F. The molecule has 0 radical (unpaired) electrons. The summed E-state index contributed by atoms with van der Waals surface area (Å²) in [4.78, 5) is 11.2. The minimum absolute atomic E-state index is 0.0237. The van der Waals surface area contributed by atoms with Crippen LogP contribution in [0.2, 0.25) is 0 Å². The van der Waals surface area contributed by atoms with E-state index in [1.165, 1.54) is 0 Å². The fourth-order valence-corrected chi connectivity index (χ4v) is 1.89. The maximum atomic E-state index is 12.9. The molecule has 0 unspecified atom stereocenters. The number of hydrazone groups is 1. The number of carbonyl (C=O) groups is 1. The van der Waals surface area contributed by atoms with Crippen molar-refractivity contribution >= 4 is 11.6 Å². The molecule has 0 saturated heterocycles. The summed E-state index contributed by atoms with van der Waals surface area (Å²) in [6.07, 6.45) is -5.75. The van der Waals surface area contributed by atoms with E-state index in [-0.39, 0.29) is 10.7 Å². The zero-order valence-electron chi connectivity index (χ0n) is 9.98. The lowest BCUT2D eigenvalue weighted by molar-refractivity contribution is -0.301. The van der Waals surface area contributed by atoms with Crippen molar-refractivity contribution in [1.82, 2.24) is 5.01 Å². The Morgan fingerprint density at radius 1 is 1.37 bits per heavy atom. The van der Waals surface area contributed by atoms with E-state index in [4.69, 9.17) is 0 Å². The second-order valence-electron chi connectivity index (χ2n) is 4.23. The number of alkyl halides is 3. The highest BCUT2D eigenvalue weighted by atomic mass is 19.4. The molecule has 0 aromatic heterocycles. The molecular formula is C12H11F3N2O2. The van der Waals surface area contributed by atoms with E-state index < -0.39 is 24.2 Å². The molecule has 1 aromatic rings. The smallest absolute Gasteiger partial charge is 0.362 e. The largest absolute Gasteiger partial charge is 0.438 e. The lowest BCUT2D eigenvalue weighted by Gasteiger charge is -2.31. The van der Waals surface area contributed by atoms with Crippen molar-refractivity contribution in [2.45, 2.75) is 25.2 Å². The van der Waals surface area contributed by atoms with E-state index in [1.54, 1.807) is 30.3 Å². The molecule has 1 N–H and O–H groups in total. The normalized spacial score (nSPS) is 23.4. The Hall–Kier alpha value is -1.89. The van der Waals surface area contributed by atoms with Gasteiger partial charge in [0.25, 0.3) is 5.72 Å². The third-order valence-corrected chi connectivity index (χ3v) is 2.84. The number of hydrogen-bond donors (Lipinski definition) is 1. The summed E-state index contributed by atoms with van der Waals surface area (Å²) in [5, 5.41) is 13.5. The van der Waals surface area contributed by atoms with E-state index in [0.29, 0.717) is 5.56 Å². The molecule has 0 bridgehead atoms. The van der Waals surface area contributed by atoms with E-state index in [1.807, 2.05) is 0 Å². The zero-order valence-corrected chi connectivity index (χ0v) is 9.98. The number of amides is 1. The Morgan fingerprint density at radius 2 is 1.95 bits per heavy atom. The van der Waals surface area contributed by atoms with Gasteiger partial charge in [-0.15, -0.1) is 0 Å². The van der Waals surface area contributed by atoms with Crippen LogP contribution in [0.4, 0.5) is 13.2 Å². The predicted molar refractivity (Wildman–Crippen MR) is 61.1 cm³/mol. The minimum atomic E-state index is -4.97. The van der Waals surface area contributed by atoms with Gasteiger partial charge in [-0.25, -0.2) is 0 Å². The van der Waals surface area contributed by atoms with Crippen molar-refractivity contribution in [1.29, 1.82) is 0 Å². The van der Waals surface area contributed by atoms with E-state index in [2.05, 4.69) is 5.10 Å². The number of halogens is 3. The Balaban J connectivity index is 2.42. The Labute approximate surface area is 107 Å². The topological polar surface area (TPSA) is 52.9 Å². The highest BCUT2D eigenvalue weighted by Gasteiger charge is 2.62. The van der Waals surface area contributed by atoms with Crippen LogP contribution >= 0.6 is 0 Å². The Kier molecular flexibility index (Phi) is 3.09. The van der Waals surface area contributed by atoms with Crippen LogP contribution in [0.1, 0.15) is 18.9 Å². The highest BCUT2D eigenvalue weighted by molar-refractivity contribution is 6.03. The van der Waals surface area contributed by atoms with Crippen molar-refractivity contribution in [3.05, 3.63) is 35.9 Å². The van der Waals surface area contributed by atoms with Gasteiger partial charge in [-0.1, -0.05) is 30.3 Å². The van der Waals surface area contributed by atoms with Crippen molar-refractivity contribution in [2.24, 2.45) is 5.10 Å². The second-order valence-corrected chi connectivity index (χ2v) is 4.23. The van der Waals surface area contributed by atoms with Crippen LogP contribution in [0.5, 0.6) is 0 Å². The monoisotopic (exact) mass is 272 g/mol. The fraction of sp³-hybridized carbons (Fsp3) is 0.333. The van der Waals surface area contributed by atoms with Gasteiger partial charge >= 0.3 is 6.18 Å². The molecule has 0 aliphatic carbocycles. The van der Waals surface area contributed by atoms with Gasteiger partial charge in [0.2, 0.25) is 5.91 Å². The first kappa shape index (κ1) is 13.5. The summed E-state index contributed by atoms with van der Waals surface area (Å²) in [6.45, 7) is 0.925. The van der Waals surface area contributed by atoms with Gasteiger partial charge in [0.05, 0.1) is 12.1 Å². The molecule has 7 heteroatoms. The van der Waals surface area contributed by atoms with Gasteiger partial charge < -0.3 is 5.11 Å². The quantitative estimate of drug-likeness (QED) is 0.848. The minimum Gasteiger partial charge on any atom is -0.362 e. The molecule has 1 aliphatic heterocycles. The van der Waals surface area contributed by atoms with Gasteiger partial charge in [0.15, 0.2) is 0 Å². The predicted octanol–water partition coefficient (Wildman–Crippen LogP) is 1.89. The summed E-state index contributed by atoms with van der Waals surface area (Å²) < 4.78 is 38.8. The standard InChI is InChI=1S/C12H11F3N2O2/c1-8(18)17-11(19,12(13,14)15)7-10(16-17)9-5-3-2-4-6-9/h2-6,19H,7H2,1H3/t11-/m1/s1. The van der Waals surface area contributed by atoms with E-state index in [0.717, 1.165) is 6.92 Å². The molecule has 2 rings (SSSR count). The fourth-order valence-electron chi connectivity index (χ4n) is 1.89. The maximum absolute atomic E-state index is 12.9. The third-order valence-electron chi connectivity index (χ3n) is 2.84. The van der Waals surface area contributed by atoms with Crippen molar-refractivity contribution in [3.63, 3.8) is 0 Å². The van der Waals surface area contributed by atoms with Crippen LogP contribution in [-0.4, -0.2) is 33.6 Å². The molecule has 0 saturated carbocycles. The average Bonchev–Trinajstić information content (AvgIpc) is 2.69. The number of hydrogen-bond acceptors (Lipinski definition) is 3. The first-order valence-corrected chi connectivity index (χ1v) is 5.48. The van der Waals surface area contributed by atoms with Gasteiger partial charge in [-0.3, -0.25) is 4.79 Å². The Morgan fingerprint density at radius 3 is 2.37 bits per heavy atom. The van der Waals surface area contributed by atoms with Crippen molar-refractivity contribution in [3.8, 4) is 0 Å². The number of nitrogens with zero attached hydrogens (tertiary/aromatic N) is 2. The molecule has 1 amide bonds. The molecule has 0 fully saturated rings. The van der Waals surface area contributed by atoms with Crippen molar-refractivity contribution < 1.29 is 23.1 Å². The van der Waals surface area contributed by atoms with Crippen LogP contribution < -0.4 is 0 Å². The van der Waals surface area contributed by atoms with Crippen LogP contribution in [0.25, 0.3) is 0 Å². The van der Waals surface area contributed by atoms with Crippen LogP contribution in [0.3, 0.4) is 0 Å². The summed E-state index contributed by atoms with van der Waals surface area (Å²) in [5.74, 6) is -0.967. The lowest BCUT2D eigenvalue weighted by Crippen LogP contribution is -2.56. The number of benzene rings is 1. The molecule has 102 valence electrons. The zero-order chi connectivity index (χ0) is 14.3. The van der Waals surface area contributed by atoms with Crippen LogP contribution in [0.15, 0.2) is 35.4 Å². The number of rotatable bonds is 1. The summed E-state index contributed by atoms with van der Waals surface area (Å²) >= 11 is 0. The van der Waals surface area contributed by atoms with Crippen LogP contribution in [-0.2, 0) is 4.79 Å². The third kappa shape index (κ3) is 2.21. The number of carbonyl (C=O) groups excluding carboxylic acids is 1. The lowest BCUT2D eigenvalue weighted by atomic mass is 10.0. The maximum Gasteiger partial charge on any atom is 0.438 e. The first-order chi connectivity index (χ1) is 8.75. The second kappa shape index (κ2) is 4.34. The van der Waals surface area contributed by atoms with Crippen LogP contribution in [0, 0.1) is 0 Å². The van der Waals surface area contributed by atoms with E-state index >= 15 is 0 Å². The average molecular weight is 272 g/mol. The van der Waals surface area contributed by atoms with Gasteiger partial charge in [-0.2, -0.15) is 23.3 Å². The molecule has 1 heterocycles. The first-order valence-electron chi connectivity index (χ1n) is 5.48. The highest BCUT2D eigenvalue weighted by Crippen LogP contribution is 2.41. The molecular weight excluding hydrogens is 261 g/mol. The molecule has 1 atom stereocenters. The summed E-state index contributed by atoms with van der Waals surface area (Å²) in [5.41, 5.74) is -2.81. The summed E-state index contributed by atoms with van der Waals surface area (Å²) in [7, 11) is 0. The summed E-state index contributed by atoms with van der Waals surface area (Å²) in [6, 6.07) is 8.12. The van der Waals surface area contributed by atoms with Crippen molar-refractivity contribution in [2.75, 3.05) is 0 Å². The van der Waals surface area contributed by atoms with E-state index in [9.17, 15) is 23.1 Å².